The molecule has 2 aromatic rings. The Morgan fingerprint density at radius 3 is 2.70 bits per heavy atom. The van der Waals surface area contributed by atoms with E-state index in [-0.39, 0.29) is 23.5 Å². The van der Waals surface area contributed by atoms with Crippen molar-refractivity contribution in [3.8, 4) is 0 Å². The van der Waals surface area contributed by atoms with E-state index in [9.17, 15) is 9.59 Å². The molecule has 2 amide bonds. The molecule has 2 heterocycles. The molecule has 2 aliphatic heterocycles. The molecule has 0 fully saturated rings. The first-order chi connectivity index (χ1) is 14.3. The summed E-state index contributed by atoms with van der Waals surface area (Å²) in [4.78, 5) is 36.5. The predicted molar refractivity (Wildman–Crippen MR) is 123 cm³/mol. The van der Waals surface area contributed by atoms with Crippen molar-refractivity contribution < 1.29 is 9.59 Å². The number of benzene rings is 2. The number of para-hydroxylation sites is 1. The Morgan fingerprint density at radius 2 is 1.97 bits per heavy atom. The summed E-state index contributed by atoms with van der Waals surface area (Å²) in [6.45, 7) is 7.95. The molecule has 0 saturated carbocycles. The lowest BCUT2D eigenvalue weighted by atomic mass is 10.1. The molecular formula is C23H24N4O2S. The molecule has 2 aromatic carbocycles. The molecule has 6 nitrogen and oxygen atoms in total. The highest BCUT2D eigenvalue weighted by Crippen LogP contribution is 2.34. The molecule has 1 atom stereocenters. The van der Waals surface area contributed by atoms with Gasteiger partial charge in [0.2, 0.25) is 5.91 Å². The summed E-state index contributed by atoms with van der Waals surface area (Å²) in [5.41, 5.74) is 4.57. The number of amides is 2. The summed E-state index contributed by atoms with van der Waals surface area (Å²) < 4.78 is 0. The van der Waals surface area contributed by atoms with Gasteiger partial charge < -0.3 is 5.32 Å². The van der Waals surface area contributed by atoms with Gasteiger partial charge in [-0.3, -0.25) is 14.6 Å². The van der Waals surface area contributed by atoms with Crippen LogP contribution < -0.4 is 5.32 Å². The number of anilines is 1. The molecule has 0 aliphatic carbocycles. The molecule has 0 saturated heterocycles. The Labute approximate surface area is 180 Å². The van der Waals surface area contributed by atoms with Crippen molar-refractivity contribution in [2.75, 3.05) is 11.1 Å². The van der Waals surface area contributed by atoms with Gasteiger partial charge in [0.15, 0.2) is 5.17 Å². The van der Waals surface area contributed by atoms with E-state index in [2.05, 4.69) is 10.3 Å². The van der Waals surface area contributed by atoms with Crippen LogP contribution in [0.25, 0.3) is 0 Å². The van der Waals surface area contributed by atoms with Crippen molar-refractivity contribution >= 4 is 46.0 Å². The fourth-order valence-electron chi connectivity index (χ4n) is 3.57. The van der Waals surface area contributed by atoms with E-state index >= 15 is 0 Å². The lowest BCUT2D eigenvalue weighted by Crippen LogP contribution is -2.42. The minimum atomic E-state index is -0.430. The van der Waals surface area contributed by atoms with Crippen LogP contribution in [-0.2, 0) is 9.59 Å². The Hall–Kier alpha value is -2.93. The van der Waals surface area contributed by atoms with Crippen LogP contribution in [0.5, 0.6) is 0 Å². The van der Waals surface area contributed by atoms with Crippen LogP contribution in [0.2, 0.25) is 0 Å². The predicted octanol–water partition coefficient (Wildman–Crippen LogP) is 4.29. The SMILES string of the molecule is Cc1ccc(NC(=O)CSC2=Nc3ccccc3C3=N[C@@H](C(C)C)C(=O)N23)c(C)c1. The summed E-state index contributed by atoms with van der Waals surface area (Å²) in [7, 11) is 0. The zero-order chi connectivity index (χ0) is 21.4. The zero-order valence-corrected chi connectivity index (χ0v) is 18.3. The van der Waals surface area contributed by atoms with E-state index < -0.39 is 6.04 Å². The first-order valence-corrected chi connectivity index (χ1v) is 10.9. The van der Waals surface area contributed by atoms with Crippen LogP contribution >= 0.6 is 11.8 Å². The maximum Gasteiger partial charge on any atom is 0.259 e. The highest BCUT2D eigenvalue weighted by Gasteiger charge is 2.42. The summed E-state index contributed by atoms with van der Waals surface area (Å²) in [6, 6.07) is 13.1. The molecule has 0 unspecified atom stereocenters. The number of thioether (sulfide) groups is 1. The van der Waals surface area contributed by atoms with Crippen LogP contribution in [-0.4, -0.2) is 39.5 Å². The third kappa shape index (κ3) is 3.77. The number of aliphatic imine (C=N–C) groups is 2. The Balaban J connectivity index is 1.55. The van der Waals surface area contributed by atoms with E-state index in [1.54, 1.807) is 4.90 Å². The minimum absolute atomic E-state index is 0.0850. The molecule has 2 aliphatic rings. The molecule has 30 heavy (non-hydrogen) atoms. The summed E-state index contributed by atoms with van der Waals surface area (Å²) in [5.74, 6) is 0.635. The largest absolute Gasteiger partial charge is 0.325 e. The molecule has 154 valence electrons. The number of carbonyl (C=O) groups excluding carboxylic acids is 2. The van der Waals surface area contributed by atoms with Crippen molar-refractivity contribution in [2.45, 2.75) is 33.7 Å². The fourth-order valence-corrected chi connectivity index (χ4v) is 4.37. The van der Waals surface area contributed by atoms with E-state index in [0.717, 1.165) is 28.1 Å². The van der Waals surface area contributed by atoms with Gasteiger partial charge in [0.25, 0.3) is 5.91 Å². The number of amidine groups is 2. The summed E-state index contributed by atoms with van der Waals surface area (Å²) in [5, 5.41) is 3.44. The molecular weight excluding hydrogens is 396 g/mol. The van der Waals surface area contributed by atoms with Gasteiger partial charge in [-0.1, -0.05) is 55.4 Å². The molecule has 0 radical (unpaired) electrons. The highest BCUT2D eigenvalue weighted by molar-refractivity contribution is 8.14. The Morgan fingerprint density at radius 1 is 1.20 bits per heavy atom. The number of fused-ring (bicyclic) bond motifs is 3. The monoisotopic (exact) mass is 420 g/mol. The third-order valence-electron chi connectivity index (χ3n) is 5.12. The number of hydrogen-bond donors (Lipinski definition) is 1. The number of hydrogen-bond acceptors (Lipinski definition) is 5. The van der Waals surface area contributed by atoms with Crippen LogP contribution in [0, 0.1) is 19.8 Å². The van der Waals surface area contributed by atoms with Crippen molar-refractivity contribution in [1.82, 2.24) is 4.90 Å². The molecule has 1 N–H and O–H groups in total. The number of rotatable bonds is 4. The number of nitrogens with one attached hydrogen (secondary N) is 1. The minimum Gasteiger partial charge on any atom is -0.325 e. The first-order valence-electron chi connectivity index (χ1n) is 9.95. The van der Waals surface area contributed by atoms with Gasteiger partial charge in [-0.25, -0.2) is 9.89 Å². The van der Waals surface area contributed by atoms with E-state index in [1.807, 2.05) is 70.2 Å². The van der Waals surface area contributed by atoms with Gasteiger partial charge in [-0.15, -0.1) is 0 Å². The summed E-state index contributed by atoms with van der Waals surface area (Å²) in [6.07, 6.45) is 0. The van der Waals surface area contributed by atoms with Crippen LogP contribution in [0.3, 0.4) is 0 Å². The molecule has 0 aromatic heterocycles. The maximum atomic E-state index is 13.0. The van der Waals surface area contributed by atoms with Gasteiger partial charge in [-0.05, 0) is 43.5 Å². The zero-order valence-electron chi connectivity index (χ0n) is 17.5. The van der Waals surface area contributed by atoms with Crippen molar-refractivity contribution in [2.24, 2.45) is 15.9 Å². The Kier molecular flexibility index (Phi) is 5.47. The number of aryl methyl sites for hydroxylation is 2. The molecule has 7 heteroatoms. The second kappa shape index (κ2) is 8.07. The lowest BCUT2D eigenvalue weighted by Gasteiger charge is -2.25. The molecule has 0 spiro atoms. The fraction of sp³-hybridized carbons (Fsp3) is 0.304. The van der Waals surface area contributed by atoms with Crippen LogP contribution in [0.15, 0.2) is 52.4 Å². The van der Waals surface area contributed by atoms with Gasteiger partial charge >= 0.3 is 0 Å². The topological polar surface area (TPSA) is 74.1 Å². The van der Waals surface area contributed by atoms with Gasteiger partial charge in [0.05, 0.1) is 11.4 Å². The normalized spacial score (nSPS) is 17.4. The molecule has 0 bridgehead atoms. The average Bonchev–Trinajstić information content (AvgIpc) is 3.06. The van der Waals surface area contributed by atoms with E-state index in [1.165, 1.54) is 11.8 Å². The van der Waals surface area contributed by atoms with Gasteiger partial charge in [0.1, 0.15) is 11.9 Å². The standard InChI is InChI=1S/C23H24N4O2S/c1-13(2)20-22(29)27-21(26-20)16-7-5-6-8-18(16)25-23(27)30-12-19(28)24-17-10-9-14(3)11-15(17)4/h5-11,13,20H,12H2,1-4H3,(H,24,28)/t20-/m0/s1. The Bertz CT molecular complexity index is 1090. The van der Waals surface area contributed by atoms with Crippen molar-refractivity contribution in [3.05, 3.63) is 59.2 Å². The third-order valence-corrected chi connectivity index (χ3v) is 6.06. The van der Waals surface area contributed by atoms with Crippen molar-refractivity contribution in [3.63, 3.8) is 0 Å². The molecule has 4 rings (SSSR count). The maximum absolute atomic E-state index is 13.0. The second-order valence-corrected chi connectivity index (χ2v) is 8.82. The van der Waals surface area contributed by atoms with Crippen LogP contribution in [0.1, 0.15) is 30.5 Å². The highest BCUT2D eigenvalue weighted by atomic mass is 32.2. The van der Waals surface area contributed by atoms with Crippen LogP contribution in [0.4, 0.5) is 11.4 Å². The van der Waals surface area contributed by atoms with E-state index in [0.29, 0.717) is 11.0 Å². The summed E-state index contributed by atoms with van der Waals surface area (Å²) >= 11 is 1.25. The smallest absolute Gasteiger partial charge is 0.259 e. The van der Waals surface area contributed by atoms with Gasteiger partial charge in [0, 0.05) is 11.3 Å². The first kappa shape index (κ1) is 20.3. The van der Waals surface area contributed by atoms with E-state index in [4.69, 9.17) is 4.99 Å². The average molecular weight is 421 g/mol. The second-order valence-electron chi connectivity index (χ2n) is 7.88. The number of nitrogens with zero attached hydrogens (tertiary/aromatic N) is 3. The van der Waals surface area contributed by atoms with Gasteiger partial charge in [-0.2, -0.15) is 0 Å². The quantitative estimate of drug-likeness (QED) is 0.802. The van der Waals surface area contributed by atoms with Crippen molar-refractivity contribution in [1.29, 1.82) is 0 Å². The number of carbonyl (C=O) groups is 2. The lowest BCUT2D eigenvalue weighted by molar-refractivity contribution is -0.125.